The van der Waals surface area contributed by atoms with Gasteiger partial charge in [-0.15, -0.1) is 0 Å². The van der Waals surface area contributed by atoms with Crippen LogP contribution in [0.1, 0.15) is 12.7 Å². The van der Waals surface area contributed by atoms with E-state index in [0.29, 0.717) is 17.0 Å². The maximum atomic E-state index is 12.4. The quantitative estimate of drug-likeness (QED) is 0.410. The van der Waals surface area contributed by atoms with Crippen molar-refractivity contribution in [2.45, 2.75) is 13.0 Å². The van der Waals surface area contributed by atoms with Crippen LogP contribution in [0.25, 0.3) is 16.6 Å². The Morgan fingerprint density at radius 1 is 1.33 bits per heavy atom. The minimum absolute atomic E-state index is 0.0152. The number of carbonyl (C=O) groups excluding carboxylic acids is 1. The summed E-state index contributed by atoms with van der Waals surface area (Å²) in [7, 11) is 3.25. The first kappa shape index (κ1) is 20.9. The van der Waals surface area contributed by atoms with Gasteiger partial charge in [-0.2, -0.15) is 5.26 Å². The molecule has 0 saturated heterocycles. The molecule has 1 atom stereocenters. The van der Waals surface area contributed by atoms with Crippen molar-refractivity contribution in [1.29, 1.82) is 5.26 Å². The average Bonchev–Trinajstić information content (AvgIpc) is 3.17. The van der Waals surface area contributed by atoms with Crippen LogP contribution in [0.15, 0.2) is 54.3 Å². The van der Waals surface area contributed by atoms with Gasteiger partial charge in [-0.05, 0) is 38.2 Å². The van der Waals surface area contributed by atoms with E-state index in [4.69, 9.17) is 4.74 Å². The molecule has 0 fully saturated rings. The number of fused-ring (bicyclic) bond motifs is 1. The van der Waals surface area contributed by atoms with E-state index in [1.807, 2.05) is 30.3 Å². The summed E-state index contributed by atoms with van der Waals surface area (Å²) in [5, 5.41) is 23.1. The van der Waals surface area contributed by atoms with Crippen molar-refractivity contribution in [2.75, 3.05) is 26.0 Å². The Morgan fingerprint density at radius 2 is 2.10 bits per heavy atom. The number of aliphatic hydroxyl groups excluding tert-OH is 1. The molecule has 154 valence electrons. The van der Waals surface area contributed by atoms with Crippen molar-refractivity contribution in [2.24, 2.45) is 0 Å². The number of anilines is 1. The molecular formula is C22H23N5O3. The van der Waals surface area contributed by atoms with Crippen molar-refractivity contribution < 1.29 is 14.6 Å². The van der Waals surface area contributed by atoms with Gasteiger partial charge in [-0.25, -0.2) is 4.98 Å². The van der Waals surface area contributed by atoms with Crippen LogP contribution in [0.3, 0.4) is 0 Å². The van der Waals surface area contributed by atoms with Crippen LogP contribution in [0, 0.1) is 11.3 Å². The van der Waals surface area contributed by atoms with Gasteiger partial charge in [-0.3, -0.25) is 9.69 Å². The molecule has 0 spiro atoms. The maximum absolute atomic E-state index is 12.4. The molecule has 3 aromatic rings. The Hall–Kier alpha value is -3.83. The van der Waals surface area contributed by atoms with Gasteiger partial charge >= 0.3 is 0 Å². The molecule has 0 bridgehead atoms. The Morgan fingerprint density at radius 3 is 2.80 bits per heavy atom. The second-order valence-corrected chi connectivity index (χ2v) is 6.85. The van der Waals surface area contributed by atoms with Crippen LogP contribution in [-0.4, -0.2) is 52.6 Å². The molecule has 30 heavy (non-hydrogen) atoms. The van der Waals surface area contributed by atoms with Gasteiger partial charge in [-0.1, -0.05) is 18.2 Å². The number of amides is 1. The fourth-order valence-electron chi connectivity index (χ4n) is 2.99. The largest absolute Gasteiger partial charge is 0.509 e. The Balaban J connectivity index is 1.73. The summed E-state index contributed by atoms with van der Waals surface area (Å²) >= 11 is 0. The molecule has 1 aromatic heterocycles. The highest BCUT2D eigenvalue weighted by Crippen LogP contribution is 2.22. The standard InChI is InChI=1S/C22H23N5O3/c1-14(27(2)13-20(28)24-15-7-6-8-16(11-15)30-3)21(29)17(12-23)22-25-18-9-4-5-10-19(18)26-22/h4-11,14,29H,13H2,1-3H3,(H,24,28)(H,25,26)/b21-17-/t14-/m1/s1. The van der Waals surface area contributed by atoms with Gasteiger partial charge in [0.25, 0.3) is 0 Å². The van der Waals surface area contributed by atoms with E-state index >= 15 is 0 Å². The lowest BCUT2D eigenvalue weighted by Gasteiger charge is -2.24. The first-order valence-corrected chi connectivity index (χ1v) is 9.35. The summed E-state index contributed by atoms with van der Waals surface area (Å²) in [6.07, 6.45) is 0. The lowest BCUT2D eigenvalue weighted by molar-refractivity contribution is -0.117. The summed E-state index contributed by atoms with van der Waals surface area (Å²) in [5.41, 5.74) is 2.12. The molecule has 3 N–H and O–H groups in total. The number of H-pyrrole nitrogens is 1. The molecule has 1 heterocycles. The predicted molar refractivity (Wildman–Crippen MR) is 115 cm³/mol. The molecule has 0 aliphatic carbocycles. The third-order valence-corrected chi connectivity index (χ3v) is 4.80. The average molecular weight is 405 g/mol. The van der Waals surface area contributed by atoms with Gasteiger partial charge in [0.2, 0.25) is 5.91 Å². The topological polar surface area (TPSA) is 114 Å². The number of nitrogens with zero attached hydrogens (tertiary/aromatic N) is 3. The molecule has 0 aliphatic rings. The molecule has 0 unspecified atom stereocenters. The van der Waals surface area contributed by atoms with E-state index < -0.39 is 6.04 Å². The van der Waals surface area contributed by atoms with Crippen LogP contribution in [-0.2, 0) is 4.79 Å². The number of rotatable bonds is 7. The lowest BCUT2D eigenvalue weighted by Crippen LogP contribution is -2.37. The van der Waals surface area contributed by atoms with E-state index in [0.717, 1.165) is 5.52 Å². The fourth-order valence-corrected chi connectivity index (χ4v) is 2.99. The van der Waals surface area contributed by atoms with E-state index in [1.54, 1.807) is 50.2 Å². The number of ether oxygens (including phenoxy) is 1. The van der Waals surface area contributed by atoms with Gasteiger partial charge < -0.3 is 20.1 Å². The highest BCUT2D eigenvalue weighted by atomic mass is 16.5. The summed E-state index contributed by atoms with van der Waals surface area (Å²) in [6, 6.07) is 15.8. The van der Waals surface area contributed by atoms with E-state index in [2.05, 4.69) is 15.3 Å². The number of aliphatic hydroxyl groups is 1. The zero-order valence-corrected chi connectivity index (χ0v) is 17.0. The smallest absolute Gasteiger partial charge is 0.238 e. The van der Waals surface area contributed by atoms with Crippen molar-refractivity contribution in [3.05, 3.63) is 60.1 Å². The van der Waals surface area contributed by atoms with Crippen LogP contribution in [0.5, 0.6) is 5.75 Å². The maximum Gasteiger partial charge on any atom is 0.238 e. The number of nitriles is 1. The van der Waals surface area contributed by atoms with Crippen molar-refractivity contribution >= 4 is 28.2 Å². The van der Waals surface area contributed by atoms with E-state index in [9.17, 15) is 15.2 Å². The molecule has 0 radical (unpaired) electrons. The highest BCUT2D eigenvalue weighted by Gasteiger charge is 2.22. The zero-order chi connectivity index (χ0) is 21.7. The number of nitrogens with one attached hydrogen (secondary N) is 2. The molecule has 0 aliphatic heterocycles. The zero-order valence-electron chi connectivity index (χ0n) is 17.0. The minimum atomic E-state index is -0.580. The third kappa shape index (κ3) is 4.59. The van der Waals surface area contributed by atoms with Gasteiger partial charge in [0.1, 0.15) is 23.2 Å². The number of benzene rings is 2. The summed E-state index contributed by atoms with van der Waals surface area (Å²) in [4.78, 5) is 21.5. The monoisotopic (exact) mass is 405 g/mol. The second-order valence-electron chi connectivity index (χ2n) is 6.85. The normalized spacial score (nSPS) is 12.9. The fraction of sp³-hybridized carbons (Fsp3) is 0.227. The van der Waals surface area contributed by atoms with Gasteiger partial charge in [0.15, 0.2) is 5.82 Å². The Labute approximate surface area is 174 Å². The number of para-hydroxylation sites is 2. The number of carbonyl (C=O) groups is 1. The molecule has 3 rings (SSSR count). The third-order valence-electron chi connectivity index (χ3n) is 4.80. The number of aromatic nitrogens is 2. The Kier molecular flexibility index (Phi) is 6.35. The summed E-state index contributed by atoms with van der Waals surface area (Å²) in [6.45, 7) is 1.73. The number of imidazole rings is 1. The van der Waals surface area contributed by atoms with Crippen LogP contribution in [0.4, 0.5) is 5.69 Å². The van der Waals surface area contributed by atoms with Crippen LogP contribution in [0.2, 0.25) is 0 Å². The lowest BCUT2D eigenvalue weighted by atomic mass is 10.1. The number of likely N-dealkylation sites (N-methyl/N-ethyl adjacent to an activating group) is 1. The number of aromatic amines is 1. The molecule has 2 aromatic carbocycles. The Bertz CT molecular complexity index is 1100. The molecule has 0 saturated carbocycles. The molecule has 1 amide bonds. The van der Waals surface area contributed by atoms with Gasteiger partial charge in [0.05, 0.1) is 30.7 Å². The number of hydrogen-bond donors (Lipinski definition) is 3. The predicted octanol–water partition coefficient (Wildman–Crippen LogP) is 3.32. The summed E-state index contributed by atoms with van der Waals surface area (Å²) in [5.74, 6) is 0.512. The first-order valence-electron chi connectivity index (χ1n) is 9.35. The SMILES string of the molecule is COc1cccc(NC(=O)CN(C)[C@H](C)/C(O)=C(\C#N)c2nc3ccccc3[nH]2)c1. The van der Waals surface area contributed by atoms with E-state index in [1.165, 1.54) is 0 Å². The highest BCUT2D eigenvalue weighted by molar-refractivity contribution is 5.92. The van der Waals surface area contributed by atoms with Gasteiger partial charge in [0, 0.05) is 11.8 Å². The molecule has 8 heteroatoms. The molecular weight excluding hydrogens is 382 g/mol. The number of allylic oxidation sites excluding steroid dienone is 1. The number of hydrogen-bond acceptors (Lipinski definition) is 6. The van der Waals surface area contributed by atoms with Crippen molar-refractivity contribution in [3.63, 3.8) is 0 Å². The van der Waals surface area contributed by atoms with Crippen molar-refractivity contribution in [3.8, 4) is 11.8 Å². The van der Waals surface area contributed by atoms with Crippen molar-refractivity contribution in [1.82, 2.24) is 14.9 Å². The van der Waals surface area contributed by atoms with E-state index in [-0.39, 0.29) is 29.6 Å². The van der Waals surface area contributed by atoms with Crippen LogP contribution < -0.4 is 10.1 Å². The molecule has 8 nitrogen and oxygen atoms in total. The second kappa shape index (κ2) is 9.11. The minimum Gasteiger partial charge on any atom is -0.509 e. The number of methoxy groups -OCH3 is 1. The first-order chi connectivity index (χ1) is 14.4. The van der Waals surface area contributed by atoms with Crippen LogP contribution >= 0.6 is 0 Å². The summed E-state index contributed by atoms with van der Waals surface area (Å²) < 4.78 is 5.15.